The molecule has 3 heterocycles. The minimum Gasteiger partial charge on any atom is -0.364 e. The largest absolute Gasteiger partial charge is 0.364 e. The van der Waals surface area contributed by atoms with Crippen molar-refractivity contribution in [2.45, 2.75) is 31.1 Å². The fourth-order valence-electron chi connectivity index (χ4n) is 2.80. The van der Waals surface area contributed by atoms with E-state index in [9.17, 15) is 4.79 Å². The molecule has 3 atom stereocenters. The van der Waals surface area contributed by atoms with Crippen molar-refractivity contribution in [2.75, 3.05) is 20.6 Å². The summed E-state index contributed by atoms with van der Waals surface area (Å²) in [4.78, 5) is 22.3. The Kier molecular flexibility index (Phi) is 5.09. The van der Waals surface area contributed by atoms with Gasteiger partial charge in [-0.2, -0.15) is 0 Å². The molecular weight excluding hydrogens is 312 g/mol. The van der Waals surface area contributed by atoms with Crippen molar-refractivity contribution in [2.24, 2.45) is 0 Å². The molecule has 124 valence electrons. The van der Waals surface area contributed by atoms with Crippen molar-refractivity contribution in [3.05, 3.63) is 40.6 Å². The van der Waals surface area contributed by atoms with Crippen LogP contribution >= 0.6 is 11.3 Å². The first-order valence-electron chi connectivity index (χ1n) is 7.78. The number of rotatable bonds is 6. The first kappa shape index (κ1) is 16.2. The van der Waals surface area contributed by atoms with E-state index in [1.807, 2.05) is 12.3 Å². The molecule has 6 nitrogen and oxygen atoms in total. The molecule has 1 aliphatic heterocycles. The zero-order valence-corrected chi connectivity index (χ0v) is 14.2. The smallest absolute Gasteiger partial charge is 0.251 e. The Bertz CT molecular complexity index is 578. The lowest BCUT2D eigenvalue weighted by molar-refractivity contribution is -0.140. The van der Waals surface area contributed by atoms with Gasteiger partial charge in [-0.1, -0.05) is 6.07 Å². The third-order valence-electron chi connectivity index (χ3n) is 3.99. The normalized spacial score (nSPS) is 22.2. The Morgan fingerprint density at radius 3 is 3.09 bits per heavy atom. The van der Waals surface area contributed by atoms with Crippen LogP contribution in [0.1, 0.15) is 29.6 Å². The van der Waals surface area contributed by atoms with Gasteiger partial charge in [-0.15, -0.1) is 11.3 Å². The van der Waals surface area contributed by atoms with Gasteiger partial charge >= 0.3 is 0 Å². The van der Waals surface area contributed by atoms with Crippen molar-refractivity contribution in [3.8, 4) is 0 Å². The highest BCUT2D eigenvalue weighted by Gasteiger charge is 2.32. The Morgan fingerprint density at radius 2 is 2.43 bits per heavy atom. The van der Waals surface area contributed by atoms with Crippen LogP contribution in [-0.2, 0) is 9.53 Å². The summed E-state index contributed by atoms with van der Waals surface area (Å²) in [6.45, 7) is 0.695. The van der Waals surface area contributed by atoms with Crippen LogP contribution in [0.25, 0.3) is 0 Å². The molecule has 2 aromatic rings. The van der Waals surface area contributed by atoms with Gasteiger partial charge in [0, 0.05) is 37.9 Å². The molecule has 0 saturated carbocycles. The number of nitrogens with one attached hydrogen (secondary N) is 2. The van der Waals surface area contributed by atoms with E-state index in [2.05, 4.69) is 26.7 Å². The summed E-state index contributed by atoms with van der Waals surface area (Å²) in [7, 11) is 3.53. The first-order chi connectivity index (χ1) is 11.1. The lowest BCUT2D eigenvalue weighted by Crippen LogP contribution is -2.36. The number of imidazole rings is 1. The molecule has 1 fully saturated rings. The van der Waals surface area contributed by atoms with Gasteiger partial charge in [0.2, 0.25) is 0 Å². The Balaban J connectivity index is 1.59. The Morgan fingerprint density at radius 1 is 1.57 bits per heavy atom. The Labute approximate surface area is 139 Å². The molecule has 0 radical (unpaired) electrons. The topological polar surface area (TPSA) is 70.2 Å². The minimum atomic E-state index is -0.305. The van der Waals surface area contributed by atoms with Crippen LogP contribution in [0.5, 0.6) is 0 Å². The molecule has 7 heteroatoms. The molecule has 0 aromatic carbocycles. The van der Waals surface area contributed by atoms with E-state index in [0.29, 0.717) is 6.54 Å². The van der Waals surface area contributed by atoms with Gasteiger partial charge in [-0.3, -0.25) is 4.79 Å². The number of ether oxygens (including phenoxy) is 1. The maximum absolute atomic E-state index is 12.0. The third-order valence-corrected chi connectivity index (χ3v) is 4.93. The second kappa shape index (κ2) is 7.25. The van der Waals surface area contributed by atoms with Gasteiger partial charge in [0.25, 0.3) is 5.91 Å². The summed E-state index contributed by atoms with van der Waals surface area (Å²) >= 11 is 1.70. The second-order valence-electron chi connectivity index (χ2n) is 5.89. The number of carbonyl (C=O) groups excluding carboxylic acids is 1. The summed E-state index contributed by atoms with van der Waals surface area (Å²) in [5.74, 6) is 0.944. The monoisotopic (exact) mass is 334 g/mol. The molecule has 0 spiro atoms. The number of hydrogen-bond acceptors (Lipinski definition) is 5. The number of amides is 1. The molecule has 0 bridgehead atoms. The zero-order chi connectivity index (χ0) is 16.2. The van der Waals surface area contributed by atoms with E-state index in [4.69, 9.17) is 4.74 Å². The molecule has 2 N–H and O–H groups in total. The molecular formula is C16H22N4O2S. The molecule has 23 heavy (non-hydrogen) atoms. The van der Waals surface area contributed by atoms with E-state index in [1.54, 1.807) is 36.5 Å². The molecule has 0 aliphatic carbocycles. The van der Waals surface area contributed by atoms with Crippen LogP contribution in [0, 0.1) is 0 Å². The van der Waals surface area contributed by atoms with E-state index in [0.717, 1.165) is 18.7 Å². The average molecular weight is 334 g/mol. The van der Waals surface area contributed by atoms with Gasteiger partial charge < -0.3 is 19.9 Å². The summed E-state index contributed by atoms with van der Waals surface area (Å²) < 4.78 is 5.89. The van der Waals surface area contributed by atoms with Gasteiger partial charge in [0.1, 0.15) is 18.0 Å². The van der Waals surface area contributed by atoms with Crippen LogP contribution in [-0.4, -0.2) is 53.6 Å². The SMILES string of the molecule is CN(C)C(=O)[C@@H]1CC[C@@H](CN[C@H](c2ncc[nH]2)c2cccs2)O1. The first-order valence-corrected chi connectivity index (χ1v) is 8.66. The Hall–Kier alpha value is -1.70. The second-order valence-corrected chi connectivity index (χ2v) is 6.87. The highest BCUT2D eigenvalue weighted by Crippen LogP contribution is 2.25. The quantitative estimate of drug-likeness (QED) is 0.845. The summed E-state index contributed by atoms with van der Waals surface area (Å²) in [6, 6.07) is 4.16. The van der Waals surface area contributed by atoms with Crippen LogP contribution in [0.3, 0.4) is 0 Å². The maximum Gasteiger partial charge on any atom is 0.251 e. The van der Waals surface area contributed by atoms with Gasteiger partial charge in [-0.25, -0.2) is 4.98 Å². The third kappa shape index (κ3) is 3.80. The van der Waals surface area contributed by atoms with Crippen LogP contribution in [0.15, 0.2) is 29.9 Å². The number of aromatic nitrogens is 2. The predicted octanol–water partition coefficient (Wildman–Crippen LogP) is 1.79. The fourth-order valence-corrected chi connectivity index (χ4v) is 3.60. The average Bonchev–Trinajstić information content (AvgIpc) is 3.29. The summed E-state index contributed by atoms with van der Waals surface area (Å²) in [5.41, 5.74) is 0. The number of hydrogen-bond donors (Lipinski definition) is 2. The van der Waals surface area contributed by atoms with E-state index in [1.165, 1.54) is 4.88 Å². The van der Waals surface area contributed by atoms with Crippen molar-refractivity contribution in [1.29, 1.82) is 0 Å². The fraction of sp³-hybridized carbons (Fsp3) is 0.500. The van der Waals surface area contributed by atoms with E-state index >= 15 is 0 Å². The predicted molar refractivity (Wildman–Crippen MR) is 89.3 cm³/mol. The number of thiophene rings is 1. The zero-order valence-electron chi connectivity index (χ0n) is 13.4. The highest BCUT2D eigenvalue weighted by molar-refractivity contribution is 7.10. The number of H-pyrrole nitrogens is 1. The van der Waals surface area contributed by atoms with Gasteiger partial charge in [0.15, 0.2) is 0 Å². The van der Waals surface area contributed by atoms with Crippen molar-refractivity contribution < 1.29 is 9.53 Å². The maximum atomic E-state index is 12.0. The summed E-state index contributed by atoms with van der Waals surface area (Å²) in [5, 5.41) is 5.58. The number of aromatic amines is 1. The van der Waals surface area contributed by atoms with Crippen molar-refractivity contribution in [1.82, 2.24) is 20.2 Å². The number of carbonyl (C=O) groups is 1. The van der Waals surface area contributed by atoms with Gasteiger partial charge in [0.05, 0.1) is 6.10 Å². The van der Waals surface area contributed by atoms with Gasteiger partial charge in [-0.05, 0) is 24.3 Å². The summed E-state index contributed by atoms with van der Waals surface area (Å²) in [6.07, 6.45) is 5.02. The highest BCUT2D eigenvalue weighted by atomic mass is 32.1. The van der Waals surface area contributed by atoms with E-state index in [-0.39, 0.29) is 24.2 Å². The number of nitrogens with zero attached hydrogens (tertiary/aromatic N) is 2. The lowest BCUT2D eigenvalue weighted by atomic mass is 10.1. The molecule has 3 rings (SSSR count). The minimum absolute atomic E-state index is 0.0252. The van der Waals surface area contributed by atoms with E-state index < -0.39 is 0 Å². The lowest BCUT2D eigenvalue weighted by Gasteiger charge is -2.20. The molecule has 1 aliphatic rings. The van der Waals surface area contributed by atoms with Crippen LogP contribution in [0.4, 0.5) is 0 Å². The standard InChI is InChI=1S/C16H22N4O2S/c1-20(2)16(21)12-6-5-11(22-12)10-19-14(13-4-3-9-23-13)15-17-7-8-18-15/h3-4,7-9,11-12,14,19H,5-6,10H2,1-2H3,(H,17,18)/t11-,12-,14-/m0/s1. The molecule has 1 amide bonds. The van der Waals surface area contributed by atoms with Crippen molar-refractivity contribution >= 4 is 17.2 Å². The molecule has 0 unspecified atom stereocenters. The van der Waals surface area contributed by atoms with Crippen LogP contribution in [0.2, 0.25) is 0 Å². The molecule has 2 aromatic heterocycles. The van der Waals surface area contributed by atoms with Crippen LogP contribution < -0.4 is 5.32 Å². The van der Waals surface area contributed by atoms with Crippen molar-refractivity contribution in [3.63, 3.8) is 0 Å². The molecule has 1 saturated heterocycles. The number of likely N-dealkylation sites (N-methyl/N-ethyl adjacent to an activating group) is 1.